The smallest absolute Gasteiger partial charge is 0.139 e. The summed E-state index contributed by atoms with van der Waals surface area (Å²) >= 11 is 6.09. The Bertz CT molecular complexity index is 423. The molecule has 1 aromatic carbocycles. The molecule has 1 N–H and O–H groups in total. The predicted molar refractivity (Wildman–Crippen MR) is 81.5 cm³/mol. The molecule has 1 aromatic rings. The van der Waals surface area contributed by atoms with E-state index in [0.717, 1.165) is 31.8 Å². The predicted octanol–water partition coefficient (Wildman–Crippen LogP) is 3.17. The zero-order chi connectivity index (χ0) is 13.8. The fraction of sp³-hybridized carbons (Fsp3) is 0.600. The lowest BCUT2D eigenvalue weighted by molar-refractivity contribution is 0.413. The van der Waals surface area contributed by atoms with Crippen molar-refractivity contribution in [1.29, 1.82) is 0 Å². The maximum atomic E-state index is 6.09. The molecular formula is C15H23ClN2O. The second-order valence-electron chi connectivity index (χ2n) is 5.42. The van der Waals surface area contributed by atoms with Crippen LogP contribution in [0.4, 0.5) is 5.69 Å². The van der Waals surface area contributed by atoms with Crippen molar-refractivity contribution in [3.05, 3.63) is 23.2 Å². The molecular weight excluding hydrogens is 260 g/mol. The fourth-order valence-corrected chi connectivity index (χ4v) is 2.67. The largest absolute Gasteiger partial charge is 0.495 e. The minimum Gasteiger partial charge on any atom is -0.495 e. The summed E-state index contributed by atoms with van der Waals surface area (Å²) in [4.78, 5) is 2.42. The number of methoxy groups -OCH3 is 1. The number of benzene rings is 1. The Labute approximate surface area is 120 Å². The Morgan fingerprint density at radius 3 is 2.89 bits per heavy atom. The lowest BCUT2D eigenvalue weighted by Crippen LogP contribution is -2.41. The van der Waals surface area contributed by atoms with E-state index in [-0.39, 0.29) is 0 Å². The second-order valence-corrected chi connectivity index (χ2v) is 5.83. The molecule has 1 heterocycles. The van der Waals surface area contributed by atoms with Crippen LogP contribution in [0.3, 0.4) is 0 Å². The summed E-state index contributed by atoms with van der Waals surface area (Å²) in [7, 11) is 1.66. The van der Waals surface area contributed by atoms with E-state index in [1.54, 1.807) is 7.11 Å². The molecule has 1 aliphatic heterocycles. The summed E-state index contributed by atoms with van der Waals surface area (Å²) in [5.41, 5.74) is 1.19. The quantitative estimate of drug-likeness (QED) is 0.922. The highest BCUT2D eigenvalue weighted by molar-refractivity contribution is 6.32. The van der Waals surface area contributed by atoms with Gasteiger partial charge >= 0.3 is 0 Å². The minimum absolute atomic E-state index is 0.532. The van der Waals surface area contributed by atoms with E-state index >= 15 is 0 Å². The monoisotopic (exact) mass is 282 g/mol. The van der Waals surface area contributed by atoms with Gasteiger partial charge in [-0.1, -0.05) is 25.4 Å². The molecule has 1 aliphatic rings. The summed E-state index contributed by atoms with van der Waals surface area (Å²) < 4.78 is 5.31. The van der Waals surface area contributed by atoms with Crippen LogP contribution >= 0.6 is 11.6 Å². The molecule has 0 saturated carbocycles. The van der Waals surface area contributed by atoms with Crippen LogP contribution in [0.1, 0.15) is 20.3 Å². The van der Waals surface area contributed by atoms with Gasteiger partial charge in [-0.25, -0.2) is 0 Å². The average molecular weight is 283 g/mol. The maximum absolute atomic E-state index is 6.09. The highest BCUT2D eigenvalue weighted by Crippen LogP contribution is 2.30. The summed E-state index contributed by atoms with van der Waals surface area (Å²) in [6, 6.07) is 6.56. The Hall–Kier alpha value is -0.930. The molecule has 0 radical (unpaired) electrons. The van der Waals surface area contributed by atoms with Crippen LogP contribution in [0.5, 0.6) is 5.75 Å². The number of hydrogen-bond acceptors (Lipinski definition) is 3. The van der Waals surface area contributed by atoms with E-state index < -0.39 is 0 Å². The van der Waals surface area contributed by atoms with Crippen molar-refractivity contribution in [3.63, 3.8) is 0 Å². The first-order chi connectivity index (χ1) is 9.11. The first-order valence-corrected chi connectivity index (χ1v) is 7.31. The van der Waals surface area contributed by atoms with E-state index in [1.165, 1.54) is 5.69 Å². The summed E-state index contributed by atoms with van der Waals surface area (Å²) in [6.07, 6.45) is 1.16. The van der Waals surface area contributed by atoms with Gasteiger partial charge in [0.15, 0.2) is 0 Å². The van der Waals surface area contributed by atoms with E-state index in [4.69, 9.17) is 16.3 Å². The molecule has 0 aliphatic carbocycles. The molecule has 1 atom stereocenters. The van der Waals surface area contributed by atoms with Crippen molar-refractivity contribution in [2.45, 2.75) is 26.3 Å². The van der Waals surface area contributed by atoms with E-state index in [1.807, 2.05) is 12.1 Å². The SMILES string of the molecule is COc1cc(N2CCCNC(C(C)C)C2)ccc1Cl. The number of hydrogen-bond donors (Lipinski definition) is 1. The van der Waals surface area contributed by atoms with Crippen LogP contribution in [0.15, 0.2) is 18.2 Å². The number of nitrogens with zero attached hydrogens (tertiary/aromatic N) is 1. The third-order valence-electron chi connectivity index (χ3n) is 3.73. The molecule has 2 rings (SSSR count). The van der Waals surface area contributed by atoms with Crippen molar-refractivity contribution in [3.8, 4) is 5.75 Å². The van der Waals surface area contributed by atoms with Crippen molar-refractivity contribution in [2.75, 3.05) is 31.6 Å². The van der Waals surface area contributed by atoms with E-state index in [2.05, 4.69) is 30.1 Å². The first-order valence-electron chi connectivity index (χ1n) is 6.93. The lowest BCUT2D eigenvalue weighted by atomic mass is 10.0. The van der Waals surface area contributed by atoms with Crippen LogP contribution in [-0.4, -0.2) is 32.8 Å². The highest BCUT2D eigenvalue weighted by atomic mass is 35.5. The molecule has 1 saturated heterocycles. The molecule has 1 unspecified atom stereocenters. The first kappa shape index (κ1) is 14.5. The third-order valence-corrected chi connectivity index (χ3v) is 4.05. The average Bonchev–Trinajstić information content (AvgIpc) is 2.65. The van der Waals surface area contributed by atoms with Crippen LogP contribution in [0, 0.1) is 5.92 Å². The van der Waals surface area contributed by atoms with Gasteiger partial charge in [0.25, 0.3) is 0 Å². The van der Waals surface area contributed by atoms with E-state index in [9.17, 15) is 0 Å². The van der Waals surface area contributed by atoms with Gasteiger partial charge in [0.05, 0.1) is 12.1 Å². The highest BCUT2D eigenvalue weighted by Gasteiger charge is 2.20. The maximum Gasteiger partial charge on any atom is 0.139 e. The number of nitrogens with one attached hydrogen (secondary N) is 1. The topological polar surface area (TPSA) is 24.5 Å². The zero-order valence-corrected chi connectivity index (χ0v) is 12.7. The van der Waals surface area contributed by atoms with Gasteiger partial charge in [-0.3, -0.25) is 0 Å². The molecule has 0 bridgehead atoms. The Kier molecular flexibility index (Phi) is 4.94. The Balaban J connectivity index is 2.19. The molecule has 106 valence electrons. The molecule has 0 aromatic heterocycles. The third kappa shape index (κ3) is 3.54. The van der Waals surface area contributed by atoms with Gasteiger partial charge in [0.1, 0.15) is 5.75 Å². The van der Waals surface area contributed by atoms with Crippen LogP contribution < -0.4 is 15.0 Å². The number of ether oxygens (including phenoxy) is 1. The van der Waals surface area contributed by atoms with Crippen molar-refractivity contribution >= 4 is 17.3 Å². The van der Waals surface area contributed by atoms with Gasteiger partial charge in [-0.2, -0.15) is 0 Å². The van der Waals surface area contributed by atoms with Crippen molar-refractivity contribution < 1.29 is 4.74 Å². The van der Waals surface area contributed by atoms with E-state index in [0.29, 0.717) is 17.0 Å². The lowest BCUT2D eigenvalue weighted by Gasteiger charge is -2.28. The Morgan fingerprint density at radius 2 is 2.21 bits per heavy atom. The Morgan fingerprint density at radius 1 is 1.42 bits per heavy atom. The normalized spacial score (nSPS) is 20.5. The van der Waals surface area contributed by atoms with Crippen LogP contribution in [-0.2, 0) is 0 Å². The van der Waals surface area contributed by atoms with Gasteiger partial charge in [-0.15, -0.1) is 0 Å². The number of halogens is 1. The standard InChI is InChI=1S/C15H23ClN2O/c1-11(2)14-10-18(8-4-7-17-14)12-5-6-13(16)15(9-12)19-3/h5-6,9,11,14,17H,4,7-8,10H2,1-3H3. The summed E-state index contributed by atoms with van der Waals surface area (Å²) in [5, 5.41) is 4.29. The van der Waals surface area contributed by atoms with Crippen LogP contribution in [0.2, 0.25) is 5.02 Å². The van der Waals surface area contributed by atoms with Gasteiger partial charge in [-0.05, 0) is 31.0 Å². The van der Waals surface area contributed by atoms with Gasteiger partial charge < -0.3 is 15.0 Å². The molecule has 4 heteroatoms. The summed E-state index contributed by atoms with van der Waals surface area (Å²) in [5.74, 6) is 1.38. The molecule has 3 nitrogen and oxygen atoms in total. The molecule has 0 spiro atoms. The van der Waals surface area contributed by atoms with Crippen LogP contribution in [0.25, 0.3) is 0 Å². The molecule has 1 fully saturated rings. The van der Waals surface area contributed by atoms with Gasteiger partial charge in [0.2, 0.25) is 0 Å². The van der Waals surface area contributed by atoms with Crippen molar-refractivity contribution in [2.24, 2.45) is 5.92 Å². The summed E-state index contributed by atoms with van der Waals surface area (Å²) in [6.45, 7) is 7.72. The minimum atomic E-state index is 0.532. The van der Waals surface area contributed by atoms with Gasteiger partial charge in [0, 0.05) is 30.9 Å². The zero-order valence-electron chi connectivity index (χ0n) is 11.9. The molecule has 0 amide bonds. The molecule has 19 heavy (non-hydrogen) atoms. The fourth-order valence-electron chi connectivity index (χ4n) is 2.48. The second kappa shape index (κ2) is 6.49. The number of rotatable bonds is 3. The number of anilines is 1. The van der Waals surface area contributed by atoms with Crippen molar-refractivity contribution in [1.82, 2.24) is 5.32 Å².